The third kappa shape index (κ3) is 7.55. The molecule has 3 heteroatoms. The van der Waals surface area contributed by atoms with Crippen LogP contribution in [0.1, 0.15) is 65.0 Å². The van der Waals surface area contributed by atoms with Gasteiger partial charge < -0.3 is 14.8 Å². The van der Waals surface area contributed by atoms with Crippen LogP contribution < -0.4 is 14.8 Å². The minimum absolute atomic E-state index is 0.210. The van der Waals surface area contributed by atoms with Crippen molar-refractivity contribution in [3.8, 4) is 11.5 Å². The van der Waals surface area contributed by atoms with Crippen LogP contribution in [0, 0.1) is 5.92 Å². The first kappa shape index (κ1) is 22.3. The van der Waals surface area contributed by atoms with Gasteiger partial charge in [-0.3, -0.25) is 0 Å². The molecule has 0 saturated heterocycles. The van der Waals surface area contributed by atoms with Gasteiger partial charge in [0.2, 0.25) is 0 Å². The molecule has 0 heterocycles. The van der Waals surface area contributed by atoms with Crippen LogP contribution in [-0.2, 0) is 6.54 Å². The second-order valence-corrected chi connectivity index (χ2v) is 8.36. The highest BCUT2D eigenvalue weighted by atomic mass is 16.5. The summed E-state index contributed by atoms with van der Waals surface area (Å²) in [5, 5.41) is 3.59. The van der Waals surface area contributed by atoms with Crippen LogP contribution in [0.25, 0.3) is 0 Å². The normalized spacial score (nSPS) is 12.6. The van der Waals surface area contributed by atoms with Gasteiger partial charge >= 0.3 is 0 Å². The van der Waals surface area contributed by atoms with Crippen LogP contribution in [0.4, 0.5) is 0 Å². The summed E-state index contributed by atoms with van der Waals surface area (Å²) in [6.07, 6.45) is 1.54. The second-order valence-electron chi connectivity index (χ2n) is 8.36. The lowest BCUT2D eigenvalue weighted by Crippen LogP contribution is -2.19. The zero-order valence-corrected chi connectivity index (χ0v) is 18.4. The van der Waals surface area contributed by atoms with Gasteiger partial charge in [-0.25, -0.2) is 0 Å². The van der Waals surface area contributed by atoms with Gasteiger partial charge in [0.25, 0.3) is 0 Å². The Kier molecular flexibility index (Phi) is 8.85. The number of ether oxygens (including phenoxy) is 2. The summed E-state index contributed by atoms with van der Waals surface area (Å²) in [5.41, 5.74) is 2.68. The van der Waals surface area contributed by atoms with E-state index in [1.165, 1.54) is 11.1 Å². The molecule has 0 spiro atoms. The van der Waals surface area contributed by atoms with E-state index in [1.54, 1.807) is 0 Å². The minimum Gasteiger partial charge on any atom is -0.491 e. The third-order valence-corrected chi connectivity index (χ3v) is 4.74. The van der Waals surface area contributed by atoms with E-state index in [0.29, 0.717) is 11.8 Å². The zero-order valence-electron chi connectivity index (χ0n) is 18.4. The van der Waals surface area contributed by atoms with Crippen LogP contribution >= 0.6 is 0 Å². The van der Waals surface area contributed by atoms with Gasteiger partial charge in [0.05, 0.1) is 12.2 Å². The van der Waals surface area contributed by atoms with Crippen molar-refractivity contribution in [1.82, 2.24) is 5.32 Å². The van der Waals surface area contributed by atoms with Crippen LogP contribution in [-0.4, -0.2) is 18.8 Å². The predicted molar refractivity (Wildman–Crippen MR) is 118 cm³/mol. The van der Waals surface area contributed by atoms with Crippen molar-refractivity contribution in [2.75, 3.05) is 6.54 Å². The molecule has 0 saturated carbocycles. The molecular formula is C25H37NO2. The van der Waals surface area contributed by atoms with Gasteiger partial charge in [0, 0.05) is 6.54 Å². The average molecular weight is 384 g/mol. The molecule has 154 valence electrons. The van der Waals surface area contributed by atoms with E-state index in [-0.39, 0.29) is 12.2 Å². The van der Waals surface area contributed by atoms with Gasteiger partial charge in [-0.1, -0.05) is 38.1 Å². The fourth-order valence-electron chi connectivity index (χ4n) is 3.40. The molecule has 0 aliphatic carbocycles. The molecule has 2 aromatic rings. The van der Waals surface area contributed by atoms with Crippen molar-refractivity contribution >= 4 is 0 Å². The second kappa shape index (κ2) is 11.1. The van der Waals surface area contributed by atoms with Crippen LogP contribution in [0.15, 0.2) is 48.5 Å². The van der Waals surface area contributed by atoms with Crippen molar-refractivity contribution < 1.29 is 9.47 Å². The molecule has 0 aromatic heterocycles. The first-order valence-corrected chi connectivity index (χ1v) is 10.6. The molecular weight excluding hydrogens is 346 g/mol. The van der Waals surface area contributed by atoms with Crippen LogP contribution in [0.3, 0.4) is 0 Å². The van der Waals surface area contributed by atoms with Gasteiger partial charge in [-0.15, -0.1) is 0 Å². The highest BCUT2D eigenvalue weighted by Gasteiger charge is 2.15. The molecule has 0 unspecified atom stereocenters. The summed E-state index contributed by atoms with van der Waals surface area (Å²) in [6, 6.07) is 17.0. The monoisotopic (exact) mass is 383 g/mol. The molecule has 28 heavy (non-hydrogen) atoms. The molecule has 3 nitrogen and oxygen atoms in total. The lowest BCUT2D eigenvalue weighted by Gasteiger charge is -2.22. The maximum atomic E-state index is 5.77. The smallest absolute Gasteiger partial charge is 0.119 e. The fourth-order valence-corrected chi connectivity index (χ4v) is 3.40. The Labute approximate surface area is 171 Å². The number of rotatable bonds is 11. The van der Waals surface area contributed by atoms with Gasteiger partial charge in [-0.2, -0.15) is 0 Å². The summed E-state index contributed by atoms with van der Waals surface area (Å²) in [5.74, 6) is 3.03. The quantitative estimate of drug-likeness (QED) is 0.470. The van der Waals surface area contributed by atoms with E-state index in [4.69, 9.17) is 9.47 Å². The van der Waals surface area contributed by atoms with Crippen molar-refractivity contribution in [2.45, 2.75) is 72.6 Å². The Morgan fingerprint density at radius 3 is 1.68 bits per heavy atom. The largest absolute Gasteiger partial charge is 0.491 e. The fraction of sp³-hybridized carbons (Fsp3) is 0.520. The predicted octanol–water partition coefficient (Wildman–Crippen LogP) is 6.18. The van der Waals surface area contributed by atoms with Gasteiger partial charge in [0.15, 0.2) is 0 Å². The summed E-state index contributed by atoms with van der Waals surface area (Å²) in [4.78, 5) is 0. The molecule has 0 aliphatic rings. The molecule has 2 aromatic carbocycles. The van der Waals surface area contributed by atoms with Crippen molar-refractivity contribution in [3.05, 3.63) is 59.7 Å². The zero-order chi connectivity index (χ0) is 20.5. The first-order chi connectivity index (χ1) is 13.3. The molecule has 0 fully saturated rings. The van der Waals surface area contributed by atoms with E-state index >= 15 is 0 Å². The van der Waals surface area contributed by atoms with Crippen molar-refractivity contribution in [1.29, 1.82) is 0 Å². The van der Waals surface area contributed by atoms with E-state index in [2.05, 4.69) is 81.5 Å². The number of nitrogens with one attached hydrogen (secondary N) is 1. The molecule has 0 bridgehead atoms. The van der Waals surface area contributed by atoms with E-state index in [1.807, 2.05) is 13.8 Å². The Hall–Kier alpha value is -2.00. The SMILES string of the molecule is CC(C)Oc1ccc(CNCC[C@H](c2ccc(OC(C)C)cc2)C(C)C)cc1. The van der Waals surface area contributed by atoms with Crippen molar-refractivity contribution in [2.24, 2.45) is 5.92 Å². The summed E-state index contributed by atoms with van der Waals surface area (Å²) in [6.45, 7) is 14.7. The molecule has 0 amide bonds. The van der Waals surface area contributed by atoms with Crippen molar-refractivity contribution in [3.63, 3.8) is 0 Å². The summed E-state index contributed by atoms with van der Waals surface area (Å²) < 4.78 is 11.5. The van der Waals surface area contributed by atoms with E-state index in [0.717, 1.165) is 31.0 Å². The lowest BCUT2D eigenvalue weighted by molar-refractivity contribution is 0.242. The molecule has 0 radical (unpaired) electrons. The molecule has 1 atom stereocenters. The summed E-state index contributed by atoms with van der Waals surface area (Å²) >= 11 is 0. The Bertz CT molecular complexity index is 675. The average Bonchev–Trinajstić information content (AvgIpc) is 2.63. The van der Waals surface area contributed by atoms with Gasteiger partial charge in [0.1, 0.15) is 11.5 Å². The minimum atomic E-state index is 0.210. The number of hydrogen-bond acceptors (Lipinski definition) is 3. The maximum Gasteiger partial charge on any atom is 0.119 e. The van der Waals surface area contributed by atoms with Gasteiger partial charge in [-0.05, 0) is 87.9 Å². The number of benzene rings is 2. The highest BCUT2D eigenvalue weighted by Crippen LogP contribution is 2.29. The third-order valence-electron chi connectivity index (χ3n) is 4.74. The Morgan fingerprint density at radius 1 is 0.714 bits per heavy atom. The molecule has 1 N–H and O–H groups in total. The molecule has 2 rings (SSSR count). The number of hydrogen-bond donors (Lipinski definition) is 1. The maximum absolute atomic E-state index is 5.77. The van der Waals surface area contributed by atoms with E-state index in [9.17, 15) is 0 Å². The lowest BCUT2D eigenvalue weighted by atomic mass is 9.86. The highest BCUT2D eigenvalue weighted by molar-refractivity contribution is 5.30. The summed E-state index contributed by atoms with van der Waals surface area (Å²) in [7, 11) is 0. The topological polar surface area (TPSA) is 30.5 Å². The van der Waals surface area contributed by atoms with Crippen LogP contribution in [0.5, 0.6) is 11.5 Å². The van der Waals surface area contributed by atoms with Crippen LogP contribution in [0.2, 0.25) is 0 Å². The Balaban J connectivity index is 1.83. The first-order valence-electron chi connectivity index (χ1n) is 10.6. The Morgan fingerprint density at radius 2 is 1.21 bits per heavy atom. The molecule has 0 aliphatic heterocycles. The standard InChI is InChI=1S/C25H37NO2/c1-18(2)25(22-9-13-24(14-10-22)28-20(5)6)15-16-26-17-21-7-11-23(12-8-21)27-19(3)4/h7-14,18-20,25-26H,15-17H2,1-6H3/t25-/m0/s1. The van der Waals surface area contributed by atoms with E-state index < -0.39 is 0 Å².